The molecule has 2 atom stereocenters. The third-order valence-corrected chi connectivity index (χ3v) is 8.38. The minimum atomic E-state index is -2.50. The van der Waals surface area contributed by atoms with Crippen molar-refractivity contribution in [1.29, 1.82) is 0 Å². The Balaban J connectivity index is 1.16. The monoisotopic (exact) mass is 497 g/mol. The molecule has 2 aromatic heterocycles. The molecule has 2 aliphatic heterocycles. The number of nitrogens with zero attached hydrogens (tertiary/aromatic N) is 4. The number of likely N-dealkylation sites (tertiary alicyclic amines) is 1. The van der Waals surface area contributed by atoms with E-state index in [0.717, 1.165) is 62.7 Å². The number of halogens is 4. The van der Waals surface area contributed by atoms with Crippen LogP contribution in [0.3, 0.4) is 0 Å². The molecular weight excluding hydrogens is 470 g/mol. The number of aromatic nitrogens is 2. The molecule has 2 unspecified atom stereocenters. The van der Waals surface area contributed by atoms with Crippen molar-refractivity contribution >= 4 is 22.4 Å². The Bertz CT molecular complexity index is 1070. The molecule has 11 heteroatoms. The van der Waals surface area contributed by atoms with Crippen molar-refractivity contribution in [2.45, 2.75) is 57.0 Å². The lowest BCUT2D eigenvalue weighted by atomic mass is 9.92. The van der Waals surface area contributed by atoms with Crippen LogP contribution < -0.4 is 10.2 Å². The summed E-state index contributed by atoms with van der Waals surface area (Å²) in [6.07, 6.45) is 6.66. The summed E-state index contributed by atoms with van der Waals surface area (Å²) in [5.41, 5.74) is -0.831. The first-order valence-corrected chi connectivity index (χ1v) is 12.5. The zero-order valence-corrected chi connectivity index (χ0v) is 19.5. The largest absolute Gasteiger partial charge is 0.348 e. The highest BCUT2D eigenvalue weighted by Gasteiger charge is 2.71. The summed E-state index contributed by atoms with van der Waals surface area (Å²) in [6.45, 7) is 2.78. The second-order valence-corrected chi connectivity index (χ2v) is 10.6. The van der Waals surface area contributed by atoms with E-state index >= 15 is 0 Å². The lowest BCUT2D eigenvalue weighted by Gasteiger charge is -2.38. The van der Waals surface area contributed by atoms with Gasteiger partial charge < -0.3 is 10.2 Å². The summed E-state index contributed by atoms with van der Waals surface area (Å²) in [5, 5.41) is 3.33. The summed E-state index contributed by atoms with van der Waals surface area (Å²) in [5.74, 6) is -4.48. The molecule has 3 aliphatic rings. The van der Waals surface area contributed by atoms with Gasteiger partial charge in [0.1, 0.15) is 16.5 Å². The topological polar surface area (TPSA) is 61.4 Å². The fraction of sp³-hybridized carbons (Fsp3) is 0.609. The second-order valence-electron chi connectivity index (χ2n) is 9.58. The van der Waals surface area contributed by atoms with Gasteiger partial charge in [-0.3, -0.25) is 14.7 Å². The maximum atomic E-state index is 13.9. The number of rotatable bonds is 5. The van der Waals surface area contributed by atoms with Gasteiger partial charge in [0, 0.05) is 38.2 Å². The Morgan fingerprint density at radius 3 is 2.74 bits per heavy atom. The molecule has 184 valence electrons. The fourth-order valence-corrected chi connectivity index (χ4v) is 6.16. The van der Waals surface area contributed by atoms with Gasteiger partial charge in [0.25, 0.3) is 11.8 Å². The van der Waals surface area contributed by atoms with Crippen molar-refractivity contribution in [3.63, 3.8) is 0 Å². The number of anilines is 1. The molecule has 34 heavy (non-hydrogen) atoms. The van der Waals surface area contributed by atoms with Gasteiger partial charge in [-0.1, -0.05) is 11.3 Å². The highest BCUT2D eigenvalue weighted by molar-refractivity contribution is 7.17. The fourth-order valence-electron chi connectivity index (χ4n) is 5.28. The molecule has 3 fully saturated rings. The Labute approximate surface area is 199 Å². The number of alkyl halides is 2. The van der Waals surface area contributed by atoms with Crippen LogP contribution in [0.15, 0.2) is 18.5 Å². The van der Waals surface area contributed by atoms with Gasteiger partial charge >= 0.3 is 0 Å². The van der Waals surface area contributed by atoms with Crippen LogP contribution >= 0.6 is 11.3 Å². The molecule has 1 aliphatic carbocycles. The third kappa shape index (κ3) is 4.64. The van der Waals surface area contributed by atoms with Gasteiger partial charge in [0.05, 0.1) is 30.0 Å². The molecule has 1 saturated carbocycles. The van der Waals surface area contributed by atoms with E-state index in [4.69, 9.17) is 0 Å². The zero-order chi connectivity index (χ0) is 23.9. The Kier molecular flexibility index (Phi) is 6.26. The van der Waals surface area contributed by atoms with Crippen LogP contribution in [0.5, 0.6) is 0 Å². The molecule has 0 aromatic carbocycles. The van der Waals surface area contributed by atoms with Crippen LogP contribution in [0, 0.1) is 17.0 Å². The second kappa shape index (κ2) is 9.07. The number of amides is 1. The molecule has 0 radical (unpaired) electrons. The molecule has 1 spiro atoms. The summed E-state index contributed by atoms with van der Waals surface area (Å²) < 4.78 is 54.6. The number of nitrogens with one attached hydrogen (secondary N) is 1. The van der Waals surface area contributed by atoms with E-state index < -0.39 is 28.9 Å². The van der Waals surface area contributed by atoms with Crippen molar-refractivity contribution in [2.24, 2.45) is 5.41 Å². The standard InChI is InChI=1S/C23H27F4N5OS/c24-15-9-17(25)18(28-10-15)11-29-20(33)19-12-30-21(34-19)31-6-1-3-16(4-8-31)32-7-2-5-22(14-32)13-23(22,26)27/h9-10,12,16H,1-8,11,13-14H2,(H,29,33). The first-order valence-electron chi connectivity index (χ1n) is 11.7. The molecule has 0 bridgehead atoms. The van der Waals surface area contributed by atoms with Crippen LogP contribution in [-0.4, -0.2) is 58.9 Å². The van der Waals surface area contributed by atoms with E-state index in [9.17, 15) is 22.4 Å². The average molecular weight is 498 g/mol. The number of hydrogen-bond acceptors (Lipinski definition) is 6. The van der Waals surface area contributed by atoms with Gasteiger partial charge in [-0.05, 0) is 38.6 Å². The van der Waals surface area contributed by atoms with Crippen LogP contribution in [0.4, 0.5) is 22.7 Å². The number of carbonyl (C=O) groups is 1. The lowest BCUT2D eigenvalue weighted by molar-refractivity contribution is 0.0110. The molecule has 1 N–H and O–H groups in total. The molecule has 1 amide bonds. The quantitative estimate of drug-likeness (QED) is 0.627. The number of thiazole rings is 1. The number of hydrogen-bond donors (Lipinski definition) is 1. The van der Waals surface area contributed by atoms with Gasteiger partial charge in [0.15, 0.2) is 5.13 Å². The van der Waals surface area contributed by atoms with E-state index in [2.05, 4.69) is 25.1 Å². The van der Waals surface area contributed by atoms with Crippen LogP contribution in [-0.2, 0) is 6.54 Å². The SMILES string of the molecule is O=C(NCc1ncc(F)cc1F)c1cnc(N2CCCC(N3CCCC4(C3)CC4(F)F)CC2)s1. The highest BCUT2D eigenvalue weighted by Crippen LogP contribution is 2.64. The smallest absolute Gasteiger partial charge is 0.263 e. The maximum absolute atomic E-state index is 13.9. The highest BCUT2D eigenvalue weighted by atomic mass is 32.1. The van der Waals surface area contributed by atoms with E-state index in [-0.39, 0.29) is 18.7 Å². The molecule has 4 heterocycles. The summed E-state index contributed by atoms with van der Waals surface area (Å²) in [4.78, 5) is 25.4. The first kappa shape index (κ1) is 23.5. The van der Waals surface area contributed by atoms with Crippen molar-refractivity contribution in [1.82, 2.24) is 20.2 Å². The van der Waals surface area contributed by atoms with Crippen molar-refractivity contribution in [2.75, 3.05) is 31.1 Å². The van der Waals surface area contributed by atoms with Crippen LogP contribution in [0.1, 0.15) is 53.9 Å². The van der Waals surface area contributed by atoms with E-state index in [1.807, 2.05) is 0 Å². The van der Waals surface area contributed by atoms with Gasteiger partial charge in [0.2, 0.25) is 0 Å². The molecule has 2 saturated heterocycles. The summed E-state index contributed by atoms with van der Waals surface area (Å²) in [7, 11) is 0. The molecule has 2 aromatic rings. The Hall–Kier alpha value is -2.27. The lowest BCUT2D eigenvalue weighted by Crippen LogP contribution is -2.45. The Morgan fingerprint density at radius 2 is 1.97 bits per heavy atom. The normalized spacial score (nSPS) is 26.9. The van der Waals surface area contributed by atoms with Crippen LogP contribution in [0.25, 0.3) is 0 Å². The molecular formula is C23H27F4N5OS. The zero-order valence-electron chi connectivity index (χ0n) is 18.7. The van der Waals surface area contributed by atoms with E-state index in [1.54, 1.807) is 0 Å². The number of carbonyl (C=O) groups excluding carboxylic acids is 1. The first-order chi connectivity index (χ1) is 16.3. The predicted octanol–water partition coefficient (Wildman–Crippen LogP) is 4.23. The summed E-state index contributed by atoms with van der Waals surface area (Å²) >= 11 is 1.26. The number of pyridine rings is 1. The number of piperidine rings is 1. The maximum Gasteiger partial charge on any atom is 0.263 e. The van der Waals surface area contributed by atoms with Gasteiger partial charge in [-0.15, -0.1) is 0 Å². The van der Waals surface area contributed by atoms with E-state index in [1.165, 1.54) is 17.5 Å². The van der Waals surface area contributed by atoms with Gasteiger partial charge in [-0.25, -0.2) is 22.5 Å². The van der Waals surface area contributed by atoms with Crippen molar-refractivity contribution < 1.29 is 22.4 Å². The predicted molar refractivity (Wildman–Crippen MR) is 120 cm³/mol. The van der Waals surface area contributed by atoms with Crippen molar-refractivity contribution in [3.05, 3.63) is 40.7 Å². The third-order valence-electron chi connectivity index (χ3n) is 7.32. The minimum Gasteiger partial charge on any atom is -0.348 e. The average Bonchev–Trinajstić information content (AvgIpc) is 3.11. The minimum absolute atomic E-state index is 0.0309. The summed E-state index contributed by atoms with van der Waals surface area (Å²) in [6, 6.07) is 1.02. The van der Waals surface area contributed by atoms with E-state index in [0.29, 0.717) is 23.9 Å². The molecule has 6 nitrogen and oxygen atoms in total. The molecule has 5 rings (SSSR count). The Morgan fingerprint density at radius 1 is 1.15 bits per heavy atom. The van der Waals surface area contributed by atoms with Gasteiger partial charge in [-0.2, -0.15) is 0 Å². The van der Waals surface area contributed by atoms with Crippen molar-refractivity contribution in [3.8, 4) is 0 Å². The van der Waals surface area contributed by atoms with Crippen LogP contribution in [0.2, 0.25) is 0 Å².